The van der Waals surface area contributed by atoms with Crippen LogP contribution in [0.2, 0.25) is 0 Å². The summed E-state index contributed by atoms with van der Waals surface area (Å²) in [5, 5.41) is 0. The van der Waals surface area contributed by atoms with Crippen molar-refractivity contribution >= 4 is 12.6 Å². The van der Waals surface area contributed by atoms with E-state index in [2.05, 4.69) is 4.98 Å². The molecule has 1 aliphatic rings. The lowest BCUT2D eigenvalue weighted by molar-refractivity contribution is 0.00578. The first-order chi connectivity index (χ1) is 10.6. The third-order valence-electron chi connectivity index (χ3n) is 3.51. The van der Waals surface area contributed by atoms with Gasteiger partial charge in [0.2, 0.25) is 0 Å². The number of methoxy groups -OCH3 is 1. The zero-order valence-electron chi connectivity index (χ0n) is 16.9. The molecule has 98 valence electrons. The summed E-state index contributed by atoms with van der Waals surface area (Å²) in [7, 11) is -3.59. The normalized spacial score (nSPS) is 27.4. The fraction of sp³-hybridized carbons (Fsp3) is 0.615. The Hall–Kier alpha value is -1.07. The molecule has 0 radical (unpaired) electrons. The van der Waals surface area contributed by atoms with E-state index in [1.165, 1.54) is 12.3 Å². The summed E-state index contributed by atoms with van der Waals surface area (Å²) in [6.45, 7) is 4.89. The zero-order chi connectivity index (χ0) is 18.6. The smallest absolute Gasteiger partial charge is 0.495 e. The molecule has 0 atom stereocenters. The number of hydrogen-bond donors (Lipinski definition) is 0. The molecule has 0 aliphatic carbocycles. The third-order valence-corrected chi connectivity index (χ3v) is 3.51. The molecule has 0 spiro atoms. The average Bonchev–Trinajstić information content (AvgIpc) is 2.54. The number of hydrogen-bond acceptors (Lipinski definition) is 4. The van der Waals surface area contributed by atoms with Crippen LogP contribution < -0.4 is 10.2 Å². The Morgan fingerprint density at radius 1 is 1.28 bits per heavy atom. The highest BCUT2D eigenvalue weighted by Gasteiger charge is 2.51. The summed E-state index contributed by atoms with van der Waals surface area (Å²) in [6.07, 6.45) is 1.30. The SMILES string of the molecule is [2H]C([2H])([2H])Oc1cc(B2OC(C)(C)C(C)(C)O2)cnc1C([2H])([2H])[2H]. The van der Waals surface area contributed by atoms with Gasteiger partial charge in [-0.1, -0.05) is 0 Å². The Kier molecular flexibility index (Phi) is 1.77. The Bertz CT molecular complexity index is 613. The van der Waals surface area contributed by atoms with Gasteiger partial charge in [0.1, 0.15) is 5.75 Å². The molecule has 0 bridgehead atoms. The van der Waals surface area contributed by atoms with Gasteiger partial charge >= 0.3 is 7.12 Å². The van der Waals surface area contributed by atoms with E-state index in [0.29, 0.717) is 5.46 Å². The molecule has 2 rings (SSSR count). The first kappa shape index (κ1) is 7.51. The zero-order valence-corrected chi connectivity index (χ0v) is 10.9. The molecule has 1 aromatic rings. The molecule has 1 saturated heterocycles. The predicted molar refractivity (Wildman–Crippen MR) is 71.2 cm³/mol. The number of aryl methyl sites for hydroxylation is 1. The minimum Gasteiger partial charge on any atom is -0.495 e. The highest BCUT2D eigenvalue weighted by molar-refractivity contribution is 6.62. The lowest BCUT2D eigenvalue weighted by atomic mass is 9.80. The van der Waals surface area contributed by atoms with E-state index >= 15 is 0 Å². The molecule has 1 aromatic heterocycles. The van der Waals surface area contributed by atoms with Crippen molar-refractivity contribution in [2.45, 2.75) is 45.7 Å². The first-order valence-electron chi connectivity index (χ1n) is 8.67. The van der Waals surface area contributed by atoms with Crippen molar-refractivity contribution in [3.8, 4) is 5.75 Å². The van der Waals surface area contributed by atoms with Crippen LogP contribution in [-0.4, -0.2) is 30.3 Å². The first-order valence-corrected chi connectivity index (χ1v) is 5.67. The van der Waals surface area contributed by atoms with E-state index in [1.54, 1.807) is 0 Å². The van der Waals surface area contributed by atoms with Crippen molar-refractivity contribution in [3.05, 3.63) is 18.0 Å². The lowest BCUT2D eigenvalue weighted by Gasteiger charge is -2.32. The third kappa shape index (κ3) is 2.13. The van der Waals surface area contributed by atoms with E-state index in [4.69, 9.17) is 22.3 Å². The van der Waals surface area contributed by atoms with Gasteiger partial charge in [-0.2, -0.15) is 0 Å². The van der Waals surface area contributed by atoms with Crippen LogP contribution in [0.4, 0.5) is 0 Å². The largest absolute Gasteiger partial charge is 0.496 e. The van der Waals surface area contributed by atoms with Gasteiger partial charge in [-0.15, -0.1) is 0 Å². The Labute approximate surface area is 117 Å². The maximum atomic E-state index is 7.47. The molecule has 0 aromatic carbocycles. The van der Waals surface area contributed by atoms with Crippen molar-refractivity contribution < 1.29 is 22.3 Å². The molecule has 0 N–H and O–H groups in total. The fourth-order valence-corrected chi connectivity index (χ4v) is 1.65. The topological polar surface area (TPSA) is 40.6 Å². The van der Waals surface area contributed by atoms with Gasteiger partial charge in [0.05, 0.1) is 28.0 Å². The van der Waals surface area contributed by atoms with Crippen molar-refractivity contribution in [2.24, 2.45) is 0 Å². The molecule has 1 fully saturated rings. The highest BCUT2D eigenvalue weighted by atomic mass is 16.7. The highest BCUT2D eigenvalue weighted by Crippen LogP contribution is 2.36. The van der Waals surface area contributed by atoms with Crippen LogP contribution >= 0.6 is 0 Å². The second-order valence-electron chi connectivity index (χ2n) is 5.31. The molecule has 18 heavy (non-hydrogen) atoms. The van der Waals surface area contributed by atoms with Gasteiger partial charge in [0.25, 0.3) is 0 Å². The van der Waals surface area contributed by atoms with Gasteiger partial charge in [0.15, 0.2) is 0 Å². The number of pyridine rings is 1. The Morgan fingerprint density at radius 2 is 1.94 bits per heavy atom. The Morgan fingerprint density at radius 3 is 2.50 bits per heavy atom. The summed E-state index contributed by atoms with van der Waals surface area (Å²) < 4.78 is 60.6. The van der Waals surface area contributed by atoms with Crippen molar-refractivity contribution in [2.75, 3.05) is 7.04 Å². The molecule has 4 nitrogen and oxygen atoms in total. The molecule has 1 aliphatic heterocycles. The quantitative estimate of drug-likeness (QED) is 0.754. The van der Waals surface area contributed by atoms with Crippen molar-refractivity contribution in [1.82, 2.24) is 4.98 Å². The summed E-state index contributed by atoms with van der Waals surface area (Å²) in [5.74, 6) is -0.331. The number of ether oxygens (including phenoxy) is 1. The van der Waals surface area contributed by atoms with Crippen molar-refractivity contribution in [1.29, 1.82) is 0 Å². The van der Waals surface area contributed by atoms with Gasteiger partial charge in [-0.25, -0.2) is 0 Å². The van der Waals surface area contributed by atoms with Crippen molar-refractivity contribution in [3.63, 3.8) is 0 Å². The Balaban J connectivity index is 2.42. The lowest BCUT2D eigenvalue weighted by Crippen LogP contribution is -2.41. The van der Waals surface area contributed by atoms with Crippen LogP contribution in [0.1, 0.15) is 41.6 Å². The molecular weight excluding hydrogens is 229 g/mol. The van der Waals surface area contributed by atoms with E-state index in [1.807, 2.05) is 27.7 Å². The van der Waals surface area contributed by atoms with Crippen LogP contribution in [0.15, 0.2) is 12.3 Å². The number of nitrogens with zero attached hydrogens (tertiary/aromatic N) is 1. The van der Waals surface area contributed by atoms with E-state index < -0.39 is 37.9 Å². The summed E-state index contributed by atoms with van der Waals surface area (Å²) in [6, 6.07) is 1.29. The standard InChI is InChI=1S/C13H20BNO3/c1-9-11(16-6)7-10(8-15-9)14-17-12(2,3)13(4,5)18-14/h7-8H,1-6H3/i1D3,6D3. The molecular formula is C13H20BNO3. The van der Waals surface area contributed by atoms with E-state index in [-0.39, 0.29) is 5.75 Å². The van der Waals surface area contributed by atoms with Crippen LogP contribution in [-0.2, 0) is 9.31 Å². The predicted octanol–water partition coefficient (Wildman–Crippen LogP) is 1.70. The second-order valence-corrected chi connectivity index (χ2v) is 5.31. The molecule has 0 unspecified atom stereocenters. The summed E-state index contributed by atoms with van der Waals surface area (Å²) in [4.78, 5) is 3.88. The maximum absolute atomic E-state index is 7.47. The van der Waals surface area contributed by atoms with Crippen LogP contribution in [0.3, 0.4) is 0 Å². The molecule has 5 heteroatoms. The average molecular weight is 255 g/mol. The van der Waals surface area contributed by atoms with Gasteiger partial charge in [-0.3, -0.25) is 4.98 Å². The van der Waals surface area contributed by atoms with Crippen LogP contribution in [0.5, 0.6) is 5.75 Å². The molecule has 0 amide bonds. The van der Waals surface area contributed by atoms with E-state index in [0.717, 1.165) is 0 Å². The monoisotopic (exact) mass is 255 g/mol. The molecule has 0 saturated carbocycles. The fourth-order valence-electron chi connectivity index (χ4n) is 1.65. The second kappa shape index (κ2) is 4.25. The summed E-state index contributed by atoms with van der Waals surface area (Å²) in [5.41, 5.74) is -1.21. The number of aromatic nitrogens is 1. The minimum atomic E-state index is -2.80. The van der Waals surface area contributed by atoms with Gasteiger partial charge in [-0.05, 0) is 40.6 Å². The van der Waals surface area contributed by atoms with Gasteiger partial charge < -0.3 is 14.0 Å². The van der Waals surface area contributed by atoms with Crippen LogP contribution in [0, 0.1) is 6.85 Å². The summed E-state index contributed by atoms with van der Waals surface area (Å²) >= 11 is 0. The number of rotatable bonds is 2. The maximum Gasteiger partial charge on any atom is 0.496 e. The van der Waals surface area contributed by atoms with E-state index in [9.17, 15) is 0 Å². The molecule has 2 heterocycles. The van der Waals surface area contributed by atoms with Gasteiger partial charge in [0, 0.05) is 15.8 Å². The minimum absolute atomic E-state index is 0.331. The van der Waals surface area contributed by atoms with Crippen LogP contribution in [0.25, 0.3) is 0 Å².